The lowest BCUT2D eigenvalue weighted by Gasteiger charge is -2.33. The summed E-state index contributed by atoms with van der Waals surface area (Å²) >= 11 is 0. The summed E-state index contributed by atoms with van der Waals surface area (Å²) in [6.07, 6.45) is 4.84. The highest BCUT2D eigenvalue weighted by Crippen LogP contribution is 2.34. The predicted octanol–water partition coefficient (Wildman–Crippen LogP) is 3.79. The predicted molar refractivity (Wildman–Crippen MR) is 80.3 cm³/mol. The molecule has 1 aromatic carbocycles. The van der Waals surface area contributed by atoms with Gasteiger partial charge in [0, 0.05) is 0 Å². The van der Waals surface area contributed by atoms with Crippen molar-refractivity contribution in [2.24, 2.45) is 5.92 Å². The summed E-state index contributed by atoms with van der Waals surface area (Å²) < 4.78 is 11.6. The summed E-state index contributed by atoms with van der Waals surface area (Å²) in [7, 11) is 0. The summed E-state index contributed by atoms with van der Waals surface area (Å²) in [5.74, 6) is 2.18. The van der Waals surface area contributed by atoms with E-state index in [1.54, 1.807) is 0 Å². The van der Waals surface area contributed by atoms with Gasteiger partial charge in [-0.05, 0) is 44.2 Å². The van der Waals surface area contributed by atoms with Crippen LogP contribution in [-0.4, -0.2) is 23.9 Å². The van der Waals surface area contributed by atoms with Crippen molar-refractivity contribution in [2.45, 2.75) is 58.2 Å². The maximum absolute atomic E-state index is 10.2. The zero-order valence-electron chi connectivity index (χ0n) is 12.5. The van der Waals surface area contributed by atoms with Crippen molar-refractivity contribution < 1.29 is 14.6 Å². The SMILES string of the molecule is CCCC1CCC(O)C(Oc2ccccc2OCC)C1. The molecule has 0 bridgehead atoms. The topological polar surface area (TPSA) is 38.7 Å². The summed E-state index contributed by atoms with van der Waals surface area (Å²) in [5, 5.41) is 10.2. The Bertz CT molecular complexity index is 405. The molecule has 1 fully saturated rings. The molecule has 0 aliphatic heterocycles. The Morgan fingerprint density at radius 2 is 1.90 bits per heavy atom. The maximum atomic E-state index is 10.2. The van der Waals surface area contributed by atoms with E-state index in [0.717, 1.165) is 30.8 Å². The van der Waals surface area contributed by atoms with Crippen molar-refractivity contribution in [1.82, 2.24) is 0 Å². The number of para-hydroxylation sites is 2. The standard InChI is InChI=1S/C17H26O3/c1-3-7-13-10-11-14(18)17(12-13)20-16-9-6-5-8-15(16)19-4-2/h5-6,8-9,13-14,17-18H,3-4,7,10-12H2,1-2H3. The molecule has 1 aliphatic carbocycles. The first kappa shape index (κ1) is 15.2. The molecule has 0 heterocycles. The third-order valence-corrected chi connectivity index (χ3v) is 3.99. The second kappa shape index (κ2) is 7.53. The molecule has 0 spiro atoms. The van der Waals surface area contributed by atoms with Crippen LogP contribution in [0.5, 0.6) is 11.5 Å². The Hall–Kier alpha value is -1.22. The van der Waals surface area contributed by atoms with Gasteiger partial charge in [0.2, 0.25) is 0 Å². The van der Waals surface area contributed by atoms with E-state index in [1.165, 1.54) is 12.8 Å². The van der Waals surface area contributed by atoms with Crippen LogP contribution in [0.25, 0.3) is 0 Å². The van der Waals surface area contributed by atoms with Crippen LogP contribution in [-0.2, 0) is 0 Å². The Morgan fingerprint density at radius 3 is 2.60 bits per heavy atom. The molecule has 1 aromatic rings. The van der Waals surface area contributed by atoms with E-state index in [-0.39, 0.29) is 12.2 Å². The molecule has 112 valence electrons. The zero-order chi connectivity index (χ0) is 14.4. The van der Waals surface area contributed by atoms with Crippen LogP contribution < -0.4 is 9.47 Å². The lowest BCUT2D eigenvalue weighted by Crippen LogP contribution is -2.38. The first-order chi connectivity index (χ1) is 9.74. The van der Waals surface area contributed by atoms with Gasteiger partial charge in [0.05, 0.1) is 12.7 Å². The number of ether oxygens (including phenoxy) is 2. The molecule has 0 radical (unpaired) electrons. The third kappa shape index (κ3) is 3.89. The molecule has 3 unspecified atom stereocenters. The van der Waals surface area contributed by atoms with Crippen molar-refractivity contribution in [3.05, 3.63) is 24.3 Å². The number of aliphatic hydroxyl groups is 1. The molecule has 3 heteroatoms. The number of hydrogen-bond acceptors (Lipinski definition) is 3. The molecular formula is C17H26O3. The van der Waals surface area contributed by atoms with E-state index in [2.05, 4.69) is 6.92 Å². The minimum Gasteiger partial charge on any atom is -0.490 e. The largest absolute Gasteiger partial charge is 0.490 e. The van der Waals surface area contributed by atoms with Gasteiger partial charge in [-0.2, -0.15) is 0 Å². The van der Waals surface area contributed by atoms with Gasteiger partial charge in [0.1, 0.15) is 6.10 Å². The number of benzene rings is 1. The first-order valence-electron chi connectivity index (χ1n) is 7.81. The van der Waals surface area contributed by atoms with Gasteiger partial charge in [-0.15, -0.1) is 0 Å². The molecule has 3 atom stereocenters. The minimum atomic E-state index is -0.363. The van der Waals surface area contributed by atoms with Gasteiger partial charge in [0.25, 0.3) is 0 Å². The Labute approximate surface area is 121 Å². The lowest BCUT2D eigenvalue weighted by molar-refractivity contribution is -0.0129. The molecule has 20 heavy (non-hydrogen) atoms. The van der Waals surface area contributed by atoms with Crippen molar-refractivity contribution in [1.29, 1.82) is 0 Å². The van der Waals surface area contributed by atoms with Gasteiger partial charge in [0.15, 0.2) is 11.5 Å². The van der Waals surface area contributed by atoms with Crippen LogP contribution >= 0.6 is 0 Å². The second-order valence-electron chi connectivity index (χ2n) is 5.57. The molecular weight excluding hydrogens is 252 g/mol. The lowest BCUT2D eigenvalue weighted by atomic mass is 9.83. The highest BCUT2D eigenvalue weighted by Gasteiger charge is 2.30. The summed E-state index contributed by atoms with van der Waals surface area (Å²) in [4.78, 5) is 0. The van der Waals surface area contributed by atoms with E-state index in [4.69, 9.17) is 9.47 Å². The van der Waals surface area contributed by atoms with Gasteiger partial charge < -0.3 is 14.6 Å². The van der Waals surface area contributed by atoms with Gasteiger partial charge in [-0.25, -0.2) is 0 Å². The molecule has 2 rings (SSSR count). The molecule has 0 saturated heterocycles. The van der Waals surface area contributed by atoms with E-state index in [0.29, 0.717) is 12.5 Å². The molecule has 1 saturated carbocycles. The summed E-state index contributed by atoms with van der Waals surface area (Å²) in [6, 6.07) is 7.71. The van der Waals surface area contributed by atoms with Crippen LogP contribution in [0.4, 0.5) is 0 Å². The Kier molecular flexibility index (Phi) is 5.72. The normalized spacial score (nSPS) is 26.2. The van der Waals surface area contributed by atoms with E-state index in [1.807, 2.05) is 31.2 Å². The van der Waals surface area contributed by atoms with Crippen molar-refractivity contribution in [2.75, 3.05) is 6.61 Å². The average Bonchev–Trinajstić information content (AvgIpc) is 2.45. The van der Waals surface area contributed by atoms with Crippen LogP contribution in [0.3, 0.4) is 0 Å². The zero-order valence-corrected chi connectivity index (χ0v) is 12.5. The first-order valence-corrected chi connectivity index (χ1v) is 7.81. The molecule has 0 aromatic heterocycles. The smallest absolute Gasteiger partial charge is 0.161 e. The van der Waals surface area contributed by atoms with E-state index >= 15 is 0 Å². The quantitative estimate of drug-likeness (QED) is 0.860. The molecule has 1 aliphatic rings. The third-order valence-electron chi connectivity index (χ3n) is 3.99. The second-order valence-corrected chi connectivity index (χ2v) is 5.57. The van der Waals surface area contributed by atoms with Gasteiger partial charge >= 0.3 is 0 Å². The fourth-order valence-electron chi connectivity index (χ4n) is 2.98. The van der Waals surface area contributed by atoms with Crippen molar-refractivity contribution in [3.8, 4) is 11.5 Å². The average molecular weight is 278 g/mol. The summed E-state index contributed by atoms with van der Waals surface area (Å²) in [5.41, 5.74) is 0. The fourth-order valence-corrected chi connectivity index (χ4v) is 2.98. The van der Waals surface area contributed by atoms with E-state index in [9.17, 15) is 5.11 Å². The van der Waals surface area contributed by atoms with Gasteiger partial charge in [-0.1, -0.05) is 31.9 Å². The maximum Gasteiger partial charge on any atom is 0.161 e. The highest BCUT2D eigenvalue weighted by molar-refractivity contribution is 5.39. The Balaban J connectivity index is 2.03. The van der Waals surface area contributed by atoms with Crippen molar-refractivity contribution >= 4 is 0 Å². The highest BCUT2D eigenvalue weighted by atomic mass is 16.5. The number of aliphatic hydroxyl groups excluding tert-OH is 1. The van der Waals surface area contributed by atoms with Crippen LogP contribution in [0, 0.1) is 5.92 Å². The minimum absolute atomic E-state index is 0.109. The van der Waals surface area contributed by atoms with Crippen molar-refractivity contribution in [3.63, 3.8) is 0 Å². The monoisotopic (exact) mass is 278 g/mol. The number of rotatable bonds is 6. The molecule has 3 nitrogen and oxygen atoms in total. The van der Waals surface area contributed by atoms with Crippen LogP contribution in [0.2, 0.25) is 0 Å². The number of hydrogen-bond donors (Lipinski definition) is 1. The molecule has 0 amide bonds. The fraction of sp³-hybridized carbons (Fsp3) is 0.647. The van der Waals surface area contributed by atoms with Gasteiger partial charge in [-0.3, -0.25) is 0 Å². The van der Waals surface area contributed by atoms with Crippen LogP contribution in [0.15, 0.2) is 24.3 Å². The van der Waals surface area contributed by atoms with E-state index < -0.39 is 0 Å². The van der Waals surface area contributed by atoms with Crippen LogP contribution in [0.1, 0.15) is 46.0 Å². The molecule has 1 N–H and O–H groups in total. The Morgan fingerprint density at radius 1 is 1.15 bits per heavy atom. The summed E-state index contributed by atoms with van der Waals surface area (Å²) in [6.45, 7) is 4.79.